The fraction of sp³-hybridized carbons (Fsp3) is 0.690. The number of hydrogen-bond donors (Lipinski definition) is 2. The van der Waals surface area contributed by atoms with E-state index in [1.165, 1.54) is 13.0 Å². The van der Waals surface area contributed by atoms with E-state index in [0.717, 1.165) is 50.5 Å². The first kappa shape index (κ1) is 30.5. The van der Waals surface area contributed by atoms with E-state index in [1.54, 1.807) is 6.92 Å². The summed E-state index contributed by atoms with van der Waals surface area (Å²) >= 11 is 0. The Kier molecular flexibility index (Phi) is 9.57. The van der Waals surface area contributed by atoms with Crippen LogP contribution in [-0.4, -0.2) is 78.3 Å². The zero-order chi connectivity index (χ0) is 29.1. The number of carboxylic acid groups (broad SMARTS) is 1. The predicted octanol–water partition coefficient (Wildman–Crippen LogP) is 4.41. The van der Waals surface area contributed by atoms with Gasteiger partial charge in [-0.3, -0.25) is 4.79 Å². The second-order valence-electron chi connectivity index (χ2n) is 11.5. The van der Waals surface area contributed by atoms with E-state index in [9.17, 15) is 32.7 Å². The topological polar surface area (TPSA) is 105 Å². The molecule has 40 heavy (non-hydrogen) atoms. The number of rotatable bonds is 10. The summed E-state index contributed by atoms with van der Waals surface area (Å²) < 4.78 is 52.1. The van der Waals surface area contributed by atoms with E-state index in [-0.39, 0.29) is 30.4 Å². The number of carbonyl (C=O) groups excluding carboxylic acids is 2. The molecule has 4 rings (SSSR count). The first-order valence-electron chi connectivity index (χ1n) is 14.1. The Bertz CT molecular complexity index is 1070. The fourth-order valence-corrected chi connectivity index (χ4v) is 6.48. The zero-order valence-electron chi connectivity index (χ0n) is 23.0. The van der Waals surface area contributed by atoms with E-state index in [4.69, 9.17) is 9.47 Å². The minimum atomic E-state index is -4.75. The Morgan fingerprint density at radius 3 is 2.52 bits per heavy atom. The van der Waals surface area contributed by atoms with E-state index in [2.05, 4.69) is 5.32 Å². The van der Waals surface area contributed by atoms with E-state index in [1.807, 2.05) is 4.90 Å². The Balaban J connectivity index is 1.39. The summed E-state index contributed by atoms with van der Waals surface area (Å²) in [4.78, 5) is 38.2. The van der Waals surface area contributed by atoms with Crippen LogP contribution in [-0.2, 0) is 25.2 Å². The largest absolute Gasteiger partial charge is 0.478 e. The lowest BCUT2D eigenvalue weighted by Crippen LogP contribution is -2.64. The Morgan fingerprint density at radius 2 is 1.90 bits per heavy atom. The molecule has 0 saturated carbocycles. The number of benzene rings is 1. The molecular weight excluding hydrogens is 529 g/mol. The van der Waals surface area contributed by atoms with Crippen molar-refractivity contribution >= 4 is 18.2 Å². The van der Waals surface area contributed by atoms with Gasteiger partial charge in [-0.05, 0) is 88.6 Å². The van der Waals surface area contributed by atoms with Crippen molar-refractivity contribution in [3.63, 3.8) is 0 Å². The van der Waals surface area contributed by atoms with Gasteiger partial charge in [0.2, 0.25) is 5.91 Å². The minimum absolute atomic E-state index is 0.123. The molecule has 1 aromatic carbocycles. The fourth-order valence-electron chi connectivity index (χ4n) is 6.48. The molecular formula is C29H39F3N2O6. The van der Waals surface area contributed by atoms with Crippen molar-refractivity contribution in [3.8, 4) is 0 Å². The molecule has 3 fully saturated rings. The van der Waals surface area contributed by atoms with E-state index >= 15 is 0 Å². The van der Waals surface area contributed by atoms with Crippen LogP contribution in [0.5, 0.6) is 0 Å². The van der Waals surface area contributed by atoms with Crippen LogP contribution in [0.2, 0.25) is 0 Å². The maximum Gasteiger partial charge on any atom is 0.417 e. The summed E-state index contributed by atoms with van der Waals surface area (Å²) in [5.41, 5.74) is -2.64. The second kappa shape index (κ2) is 12.6. The smallest absolute Gasteiger partial charge is 0.417 e. The molecule has 222 valence electrons. The first-order valence-corrected chi connectivity index (χ1v) is 14.1. The standard InChI is InChI=1S/C29H39F3N2O6/c1-18(39-15-22-6-8-23-4-3-5-26(22)40-23)28(17-35,33-19(2)36)16-34-12-10-20(11-13-34)21-7-9-25(29(30,31)32)24(14-21)27(37)38/h7,9,14,17-18,20,22-23,26H,3-6,8,10-13,15-16H2,1-2H3,(H,33,36)(H,37,38)/t18-,22?,23?,26?,28+/m0/s1. The molecule has 0 aromatic heterocycles. The number of carboxylic acids is 1. The SMILES string of the molecule is CC(=O)N[C@@](C=O)(CN1CCC(c2ccc(C(F)(F)F)c(C(=O)O)c2)CC1)[C@H](C)OCC1CCC2CCCC1O2. The maximum absolute atomic E-state index is 13.3. The lowest BCUT2D eigenvalue weighted by atomic mass is 9.84. The highest BCUT2D eigenvalue weighted by atomic mass is 19.4. The summed E-state index contributed by atoms with van der Waals surface area (Å²) in [6.07, 6.45) is 2.30. The van der Waals surface area contributed by atoms with Gasteiger partial charge in [-0.2, -0.15) is 13.2 Å². The minimum Gasteiger partial charge on any atom is -0.478 e. The van der Waals surface area contributed by atoms with Crippen molar-refractivity contribution in [2.24, 2.45) is 5.92 Å². The van der Waals surface area contributed by atoms with Crippen molar-refractivity contribution in [3.05, 3.63) is 34.9 Å². The molecule has 0 aliphatic carbocycles. The van der Waals surface area contributed by atoms with E-state index < -0.39 is 34.9 Å². The van der Waals surface area contributed by atoms with Crippen LogP contribution in [0.25, 0.3) is 0 Å². The van der Waals surface area contributed by atoms with Gasteiger partial charge in [0, 0.05) is 19.4 Å². The number of hydrogen-bond acceptors (Lipinski definition) is 6. The molecule has 1 amide bonds. The average Bonchev–Trinajstić information content (AvgIpc) is 2.91. The van der Waals surface area contributed by atoms with Crippen molar-refractivity contribution in [2.75, 3.05) is 26.2 Å². The molecule has 1 aromatic rings. The van der Waals surface area contributed by atoms with Crippen LogP contribution in [0.15, 0.2) is 18.2 Å². The normalized spacial score (nSPS) is 26.5. The second-order valence-corrected chi connectivity index (χ2v) is 11.5. The van der Waals surface area contributed by atoms with Gasteiger partial charge in [0.05, 0.1) is 36.0 Å². The summed E-state index contributed by atoms with van der Waals surface area (Å²) in [6, 6.07) is 3.31. The average molecular weight is 569 g/mol. The predicted molar refractivity (Wildman–Crippen MR) is 140 cm³/mol. The quantitative estimate of drug-likeness (QED) is 0.403. The number of carbonyl (C=O) groups is 3. The number of piperidine rings is 1. The third kappa shape index (κ3) is 7.03. The van der Waals surface area contributed by atoms with Gasteiger partial charge in [0.15, 0.2) is 0 Å². The molecule has 0 radical (unpaired) electrons. The monoisotopic (exact) mass is 568 g/mol. The van der Waals surface area contributed by atoms with Crippen molar-refractivity contribution in [1.29, 1.82) is 0 Å². The lowest BCUT2D eigenvalue weighted by Gasteiger charge is -2.43. The highest BCUT2D eigenvalue weighted by Gasteiger charge is 2.42. The van der Waals surface area contributed by atoms with Crippen LogP contribution < -0.4 is 5.32 Å². The number of ether oxygens (including phenoxy) is 2. The number of fused-ring (bicyclic) bond motifs is 2. The van der Waals surface area contributed by atoms with Gasteiger partial charge in [-0.25, -0.2) is 4.79 Å². The third-order valence-corrected chi connectivity index (χ3v) is 8.80. The van der Waals surface area contributed by atoms with Crippen LogP contribution in [0.1, 0.15) is 86.2 Å². The number of nitrogens with one attached hydrogen (secondary N) is 1. The molecule has 11 heteroatoms. The number of aromatic carboxylic acids is 1. The van der Waals surface area contributed by atoms with Crippen molar-refractivity contribution < 1.29 is 42.1 Å². The van der Waals surface area contributed by atoms with Crippen molar-refractivity contribution in [2.45, 2.75) is 94.7 Å². The molecule has 3 heterocycles. The Labute approximate surface area is 232 Å². The number of halogens is 3. The highest BCUT2D eigenvalue weighted by Crippen LogP contribution is 2.37. The third-order valence-electron chi connectivity index (χ3n) is 8.80. The van der Waals surface area contributed by atoms with Gasteiger partial charge in [0.1, 0.15) is 11.8 Å². The molecule has 3 aliphatic rings. The number of amides is 1. The Hall–Kier alpha value is -2.50. The van der Waals surface area contributed by atoms with Gasteiger partial charge >= 0.3 is 12.1 Å². The number of alkyl halides is 3. The zero-order valence-corrected chi connectivity index (χ0v) is 23.0. The molecule has 2 N–H and O–H groups in total. The van der Waals surface area contributed by atoms with Gasteiger partial charge in [0.25, 0.3) is 0 Å². The van der Waals surface area contributed by atoms with Gasteiger partial charge in [-0.1, -0.05) is 6.07 Å². The van der Waals surface area contributed by atoms with Crippen LogP contribution in [0.4, 0.5) is 13.2 Å². The maximum atomic E-state index is 13.3. The summed E-state index contributed by atoms with van der Waals surface area (Å²) in [6.45, 7) is 4.87. The first-order chi connectivity index (χ1) is 18.9. The van der Waals surface area contributed by atoms with Crippen LogP contribution in [0, 0.1) is 5.92 Å². The lowest BCUT2D eigenvalue weighted by molar-refractivity contribution is -0.146. The number of aldehydes is 1. The molecule has 2 bridgehead atoms. The van der Waals surface area contributed by atoms with Gasteiger partial charge in [-0.15, -0.1) is 0 Å². The van der Waals surface area contributed by atoms with Crippen molar-refractivity contribution in [1.82, 2.24) is 10.2 Å². The Morgan fingerprint density at radius 1 is 1.18 bits per heavy atom. The summed E-state index contributed by atoms with van der Waals surface area (Å²) in [5.74, 6) is -1.84. The molecule has 0 spiro atoms. The van der Waals surface area contributed by atoms with E-state index in [0.29, 0.717) is 44.2 Å². The number of nitrogens with zero attached hydrogens (tertiary/aromatic N) is 1. The molecule has 3 saturated heterocycles. The highest BCUT2D eigenvalue weighted by molar-refractivity contribution is 5.90. The van der Waals surface area contributed by atoms with Crippen LogP contribution in [0.3, 0.4) is 0 Å². The molecule has 3 unspecified atom stereocenters. The number of likely N-dealkylation sites (tertiary alicyclic amines) is 1. The van der Waals surface area contributed by atoms with Crippen LogP contribution >= 0.6 is 0 Å². The summed E-state index contributed by atoms with van der Waals surface area (Å²) in [7, 11) is 0. The molecule has 5 atom stereocenters. The van der Waals surface area contributed by atoms with Gasteiger partial charge < -0.3 is 29.6 Å². The molecule has 8 nitrogen and oxygen atoms in total. The molecule has 3 aliphatic heterocycles. The summed E-state index contributed by atoms with van der Waals surface area (Å²) in [5, 5.41) is 12.2.